The summed E-state index contributed by atoms with van der Waals surface area (Å²) in [6, 6.07) is 13.8. The number of likely N-dealkylation sites (tertiary alicyclic amines) is 1. The van der Waals surface area contributed by atoms with Crippen LogP contribution in [-0.4, -0.2) is 52.6 Å². The van der Waals surface area contributed by atoms with Gasteiger partial charge in [0.25, 0.3) is 17.7 Å². The quantitative estimate of drug-likeness (QED) is 0.755. The zero-order valence-corrected chi connectivity index (χ0v) is 17.5. The molecular weight excluding hydrogens is 394 g/mol. The van der Waals surface area contributed by atoms with Crippen molar-refractivity contribution in [2.45, 2.75) is 38.8 Å². The van der Waals surface area contributed by atoms with Gasteiger partial charge in [-0.15, -0.1) is 0 Å². The topological polar surface area (TPSA) is 86.8 Å². The van der Waals surface area contributed by atoms with Gasteiger partial charge in [-0.1, -0.05) is 31.2 Å². The Balaban J connectivity index is 1.46. The molecule has 1 N–H and O–H groups in total. The van der Waals surface area contributed by atoms with Crippen molar-refractivity contribution in [2.75, 3.05) is 13.1 Å². The molecule has 1 unspecified atom stereocenters. The molecule has 160 valence electrons. The summed E-state index contributed by atoms with van der Waals surface area (Å²) >= 11 is 0. The minimum Gasteiger partial charge on any atom is -0.352 e. The fraction of sp³-hybridized carbons (Fsp3) is 0.333. The van der Waals surface area contributed by atoms with Gasteiger partial charge in [0.1, 0.15) is 0 Å². The number of carbonyl (C=O) groups excluding carboxylic acids is 4. The van der Waals surface area contributed by atoms with E-state index in [1.54, 1.807) is 60.4 Å². The van der Waals surface area contributed by atoms with Crippen molar-refractivity contribution in [1.82, 2.24) is 15.1 Å². The van der Waals surface area contributed by atoms with Crippen molar-refractivity contribution in [3.63, 3.8) is 0 Å². The Labute approximate surface area is 181 Å². The van der Waals surface area contributed by atoms with Crippen LogP contribution >= 0.6 is 0 Å². The van der Waals surface area contributed by atoms with E-state index in [0.717, 1.165) is 12.8 Å². The van der Waals surface area contributed by atoms with Crippen LogP contribution in [0, 0.1) is 0 Å². The molecule has 0 bridgehead atoms. The molecule has 4 amide bonds. The minimum absolute atomic E-state index is 0.0118. The first-order chi connectivity index (χ1) is 15.0. The van der Waals surface area contributed by atoms with Gasteiger partial charge in [0, 0.05) is 31.1 Å². The molecular formula is C24H25N3O4. The fourth-order valence-corrected chi connectivity index (χ4v) is 4.16. The summed E-state index contributed by atoms with van der Waals surface area (Å²) in [6.45, 7) is 3.04. The molecule has 1 atom stereocenters. The van der Waals surface area contributed by atoms with Gasteiger partial charge in [-0.2, -0.15) is 0 Å². The van der Waals surface area contributed by atoms with Crippen LogP contribution in [0.1, 0.15) is 62.8 Å². The molecule has 7 heteroatoms. The molecule has 0 aliphatic carbocycles. The number of amides is 4. The highest BCUT2D eigenvalue weighted by atomic mass is 16.2. The number of benzene rings is 2. The second kappa shape index (κ2) is 8.71. The van der Waals surface area contributed by atoms with Crippen LogP contribution in [0.15, 0.2) is 48.5 Å². The Morgan fingerprint density at radius 2 is 1.74 bits per heavy atom. The lowest BCUT2D eigenvalue weighted by Gasteiger charge is -2.33. The highest BCUT2D eigenvalue weighted by Gasteiger charge is 2.35. The van der Waals surface area contributed by atoms with E-state index in [-0.39, 0.29) is 36.2 Å². The molecule has 0 radical (unpaired) electrons. The molecule has 2 aliphatic heterocycles. The number of fused-ring (bicyclic) bond motifs is 1. The van der Waals surface area contributed by atoms with Crippen LogP contribution < -0.4 is 5.32 Å². The number of carbonyl (C=O) groups is 4. The summed E-state index contributed by atoms with van der Waals surface area (Å²) < 4.78 is 0. The lowest BCUT2D eigenvalue weighted by molar-refractivity contribution is -0.121. The van der Waals surface area contributed by atoms with Gasteiger partial charge in [-0.3, -0.25) is 24.1 Å². The maximum atomic E-state index is 13.1. The van der Waals surface area contributed by atoms with Gasteiger partial charge < -0.3 is 10.2 Å². The number of hydrogen-bond acceptors (Lipinski definition) is 4. The monoisotopic (exact) mass is 419 g/mol. The van der Waals surface area contributed by atoms with Gasteiger partial charge in [0.2, 0.25) is 5.91 Å². The molecule has 0 saturated carbocycles. The lowest BCUT2D eigenvalue weighted by Crippen LogP contribution is -2.49. The van der Waals surface area contributed by atoms with Crippen molar-refractivity contribution in [3.8, 4) is 0 Å². The van der Waals surface area contributed by atoms with Crippen LogP contribution in [0.4, 0.5) is 0 Å². The molecule has 7 nitrogen and oxygen atoms in total. The molecule has 1 saturated heterocycles. The van der Waals surface area contributed by atoms with Crippen LogP contribution in [0.2, 0.25) is 0 Å². The zero-order chi connectivity index (χ0) is 22.0. The number of hydrogen-bond donors (Lipinski definition) is 1. The number of imide groups is 1. The number of piperidine rings is 1. The lowest BCUT2D eigenvalue weighted by atomic mass is 10.0. The van der Waals surface area contributed by atoms with Crippen LogP contribution in [-0.2, 0) is 11.3 Å². The first-order valence-electron chi connectivity index (χ1n) is 10.6. The Morgan fingerprint density at radius 3 is 2.42 bits per heavy atom. The zero-order valence-electron chi connectivity index (χ0n) is 17.5. The average molecular weight is 419 g/mol. The molecule has 1 fully saturated rings. The average Bonchev–Trinajstić information content (AvgIpc) is 3.04. The molecule has 2 heterocycles. The highest BCUT2D eigenvalue weighted by Crippen LogP contribution is 2.24. The number of nitrogens with zero attached hydrogens (tertiary/aromatic N) is 2. The Morgan fingerprint density at radius 1 is 1.03 bits per heavy atom. The SMILES string of the molecule is CCC(=O)NC1CCCN(C(=O)c2cccc(CN3C(=O)c4ccccc4C3=O)c2)C1. The minimum atomic E-state index is -0.317. The molecule has 4 rings (SSSR count). The maximum Gasteiger partial charge on any atom is 0.261 e. The standard InChI is InChI=1S/C24H25N3O4/c1-2-21(28)25-18-9-6-12-26(15-18)22(29)17-8-5-7-16(13-17)14-27-23(30)19-10-3-4-11-20(19)24(27)31/h3-5,7-8,10-11,13,18H,2,6,9,12,14-15H2,1H3,(H,25,28). The summed E-state index contributed by atoms with van der Waals surface area (Å²) in [5.41, 5.74) is 2.05. The van der Waals surface area contributed by atoms with Crippen LogP contribution in [0.3, 0.4) is 0 Å². The van der Waals surface area contributed by atoms with Gasteiger partial charge in [-0.05, 0) is 42.7 Å². The molecule has 0 aromatic heterocycles. The van der Waals surface area contributed by atoms with E-state index in [2.05, 4.69) is 5.32 Å². The fourth-order valence-electron chi connectivity index (χ4n) is 4.16. The summed E-state index contributed by atoms with van der Waals surface area (Å²) in [5, 5.41) is 2.97. The number of nitrogens with one attached hydrogen (secondary N) is 1. The smallest absolute Gasteiger partial charge is 0.261 e. The van der Waals surface area contributed by atoms with E-state index in [0.29, 0.717) is 41.8 Å². The summed E-state index contributed by atoms with van der Waals surface area (Å²) in [7, 11) is 0. The van der Waals surface area contributed by atoms with Gasteiger partial charge in [0.05, 0.1) is 17.7 Å². The van der Waals surface area contributed by atoms with E-state index in [4.69, 9.17) is 0 Å². The van der Waals surface area contributed by atoms with Crippen molar-refractivity contribution in [2.24, 2.45) is 0 Å². The largest absolute Gasteiger partial charge is 0.352 e. The highest BCUT2D eigenvalue weighted by molar-refractivity contribution is 6.21. The van der Waals surface area contributed by atoms with Gasteiger partial charge in [0.15, 0.2) is 0 Å². The third-order valence-electron chi connectivity index (χ3n) is 5.79. The molecule has 0 spiro atoms. The molecule has 2 aromatic carbocycles. The Bertz CT molecular complexity index is 1010. The molecule has 31 heavy (non-hydrogen) atoms. The maximum absolute atomic E-state index is 13.1. The van der Waals surface area contributed by atoms with Crippen molar-refractivity contribution < 1.29 is 19.2 Å². The van der Waals surface area contributed by atoms with Crippen molar-refractivity contribution in [3.05, 3.63) is 70.8 Å². The van der Waals surface area contributed by atoms with E-state index >= 15 is 0 Å². The van der Waals surface area contributed by atoms with Crippen molar-refractivity contribution in [1.29, 1.82) is 0 Å². The van der Waals surface area contributed by atoms with Crippen LogP contribution in [0.25, 0.3) is 0 Å². The first-order valence-corrected chi connectivity index (χ1v) is 10.6. The molecule has 2 aromatic rings. The second-order valence-electron chi connectivity index (χ2n) is 7.95. The van der Waals surface area contributed by atoms with Gasteiger partial charge >= 0.3 is 0 Å². The summed E-state index contributed by atoms with van der Waals surface area (Å²) in [4.78, 5) is 53.0. The third-order valence-corrected chi connectivity index (χ3v) is 5.79. The van der Waals surface area contributed by atoms with Gasteiger partial charge in [-0.25, -0.2) is 0 Å². The van der Waals surface area contributed by atoms with E-state index in [1.165, 1.54) is 4.90 Å². The molecule has 2 aliphatic rings. The predicted molar refractivity (Wildman–Crippen MR) is 114 cm³/mol. The first kappa shape index (κ1) is 20.8. The summed E-state index contributed by atoms with van der Waals surface area (Å²) in [5.74, 6) is -0.757. The van der Waals surface area contributed by atoms with E-state index in [1.807, 2.05) is 0 Å². The summed E-state index contributed by atoms with van der Waals surface area (Å²) in [6.07, 6.45) is 2.11. The predicted octanol–water partition coefficient (Wildman–Crippen LogP) is 2.61. The third kappa shape index (κ3) is 4.21. The Kier molecular flexibility index (Phi) is 5.84. The Hall–Kier alpha value is -3.48. The second-order valence-corrected chi connectivity index (χ2v) is 7.95. The van der Waals surface area contributed by atoms with E-state index in [9.17, 15) is 19.2 Å². The van der Waals surface area contributed by atoms with E-state index < -0.39 is 0 Å². The number of rotatable bonds is 5. The normalized spacial score (nSPS) is 18.2. The van der Waals surface area contributed by atoms with Crippen molar-refractivity contribution >= 4 is 23.6 Å². The van der Waals surface area contributed by atoms with Crippen LogP contribution in [0.5, 0.6) is 0 Å².